The number of hydrogen-bond acceptors (Lipinski definition) is 6. The van der Waals surface area contributed by atoms with Gasteiger partial charge in [0.25, 0.3) is 11.6 Å². The summed E-state index contributed by atoms with van der Waals surface area (Å²) in [7, 11) is 4.38. The van der Waals surface area contributed by atoms with Crippen LogP contribution in [-0.4, -0.2) is 52.2 Å². The molecule has 0 saturated heterocycles. The van der Waals surface area contributed by atoms with Crippen molar-refractivity contribution < 1.29 is 24.0 Å². The fraction of sp³-hybridized carbons (Fsp3) is 0.350. The Labute approximate surface area is 168 Å². The lowest BCUT2D eigenvalue weighted by Gasteiger charge is -2.24. The number of Topliss-reactive ketones (excluding diaryl/α,β-unsaturated/α-hetero) is 1. The number of esters is 1. The van der Waals surface area contributed by atoms with Crippen LogP contribution in [0, 0.1) is 24.0 Å². The second-order valence-corrected chi connectivity index (χ2v) is 6.75. The summed E-state index contributed by atoms with van der Waals surface area (Å²) < 4.78 is 6.38. The Kier molecular flexibility index (Phi) is 6.21. The summed E-state index contributed by atoms with van der Waals surface area (Å²) in [5, 5.41) is 10.9. The zero-order chi connectivity index (χ0) is 22.0. The number of rotatable bonds is 6. The van der Waals surface area contributed by atoms with E-state index in [9.17, 15) is 24.5 Å². The number of hydrogen-bond donors (Lipinski definition) is 0. The van der Waals surface area contributed by atoms with Crippen LogP contribution >= 0.6 is 0 Å². The topological polar surface area (TPSA) is 112 Å². The second kappa shape index (κ2) is 8.26. The number of nitro benzene ring substituents is 1. The van der Waals surface area contributed by atoms with E-state index in [1.807, 2.05) is 0 Å². The molecule has 1 aromatic carbocycles. The third-order valence-corrected chi connectivity index (χ3v) is 5.14. The molecule has 154 valence electrons. The molecule has 1 amide bonds. The Morgan fingerprint density at radius 3 is 2.41 bits per heavy atom. The number of ketones is 1. The van der Waals surface area contributed by atoms with Crippen molar-refractivity contribution in [1.82, 2.24) is 9.47 Å². The van der Waals surface area contributed by atoms with Crippen LogP contribution in [0.15, 0.2) is 24.3 Å². The van der Waals surface area contributed by atoms with Crippen LogP contribution in [0.4, 0.5) is 5.69 Å². The Balaban J connectivity index is 2.37. The number of amides is 1. The molecule has 0 radical (unpaired) electrons. The van der Waals surface area contributed by atoms with E-state index in [-0.39, 0.29) is 22.7 Å². The first kappa shape index (κ1) is 21.8. The van der Waals surface area contributed by atoms with Crippen molar-refractivity contribution in [1.29, 1.82) is 0 Å². The van der Waals surface area contributed by atoms with Crippen LogP contribution in [0.1, 0.15) is 49.4 Å². The van der Waals surface area contributed by atoms with Gasteiger partial charge in [-0.15, -0.1) is 0 Å². The van der Waals surface area contributed by atoms with Crippen molar-refractivity contribution in [3.63, 3.8) is 0 Å². The Hall–Kier alpha value is -3.49. The molecule has 1 aromatic heterocycles. The number of benzene rings is 1. The van der Waals surface area contributed by atoms with E-state index in [0.29, 0.717) is 16.8 Å². The van der Waals surface area contributed by atoms with Gasteiger partial charge in [-0.05, 0) is 32.4 Å². The van der Waals surface area contributed by atoms with Gasteiger partial charge >= 0.3 is 5.97 Å². The molecule has 1 unspecified atom stereocenters. The maximum absolute atomic E-state index is 13.1. The Morgan fingerprint density at radius 1 is 1.24 bits per heavy atom. The van der Waals surface area contributed by atoms with Gasteiger partial charge in [0.2, 0.25) is 0 Å². The zero-order valence-electron chi connectivity index (χ0n) is 17.2. The summed E-state index contributed by atoms with van der Waals surface area (Å²) in [4.78, 5) is 49.6. The number of nitrogens with zero attached hydrogens (tertiary/aromatic N) is 3. The monoisotopic (exact) mass is 401 g/mol. The number of nitro groups is 1. The van der Waals surface area contributed by atoms with Crippen molar-refractivity contribution in [3.05, 3.63) is 62.5 Å². The Morgan fingerprint density at radius 2 is 1.86 bits per heavy atom. The number of ether oxygens (including phenoxy) is 1. The summed E-state index contributed by atoms with van der Waals surface area (Å²) >= 11 is 0. The molecule has 0 fully saturated rings. The summed E-state index contributed by atoms with van der Waals surface area (Å²) in [5.74, 6) is -1.41. The van der Waals surface area contributed by atoms with Crippen molar-refractivity contribution >= 4 is 23.3 Å². The molecule has 0 saturated carbocycles. The molecular formula is C20H23N3O6. The van der Waals surface area contributed by atoms with Gasteiger partial charge in [0.15, 0.2) is 5.78 Å². The molecule has 9 nitrogen and oxygen atoms in total. The predicted molar refractivity (Wildman–Crippen MR) is 105 cm³/mol. The van der Waals surface area contributed by atoms with E-state index in [2.05, 4.69) is 0 Å². The Bertz CT molecular complexity index is 1010. The lowest BCUT2D eigenvalue weighted by atomic mass is 9.99. The maximum Gasteiger partial charge on any atom is 0.354 e. The van der Waals surface area contributed by atoms with Gasteiger partial charge in [-0.3, -0.25) is 19.7 Å². The first-order chi connectivity index (χ1) is 13.5. The van der Waals surface area contributed by atoms with Gasteiger partial charge < -0.3 is 14.2 Å². The van der Waals surface area contributed by atoms with E-state index >= 15 is 0 Å². The predicted octanol–water partition coefficient (Wildman–Crippen LogP) is 2.68. The van der Waals surface area contributed by atoms with Gasteiger partial charge in [0.1, 0.15) is 5.69 Å². The molecule has 0 N–H and O–H groups in total. The van der Waals surface area contributed by atoms with Gasteiger partial charge in [-0.1, -0.05) is 6.07 Å². The van der Waals surface area contributed by atoms with Crippen LogP contribution in [0.5, 0.6) is 0 Å². The van der Waals surface area contributed by atoms with Crippen LogP contribution in [0.25, 0.3) is 0 Å². The average Bonchev–Trinajstić information content (AvgIpc) is 2.93. The number of aromatic nitrogens is 1. The summed E-state index contributed by atoms with van der Waals surface area (Å²) in [6, 6.07) is 4.48. The smallest absolute Gasteiger partial charge is 0.354 e. The molecule has 9 heteroatoms. The fourth-order valence-electron chi connectivity index (χ4n) is 3.24. The van der Waals surface area contributed by atoms with E-state index in [0.717, 1.165) is 0 Å². The fourth-order valence-corrected chi connectivity index (χ4v) is 3.24. The minimum atomic E-state index is -0.855. The van der Waals surface area contributed by atoms with E-state index < -0.39 is 22.8 Å². The van der Waals surface area contributed by atoms with Crippen LogP contribution < -0.4 is 0 Å². The number of methoxy groups -OCH3 is 1. The molecule has 0 bridgehead atoms. The quantitative estimate of drug-likeness (QED) is 0.318. The highest BCUT2D eigenvalue weighted by Gasteiger charge is 2.31. The second-order valence-electron chi connectivity index (χ2n) is 6.75. The van der Waals surface area contributed by atoms with Crippen molar-refractivity contribution in [2.45, 2.75) is 26.8 Å². The number of likely N-dealkylation sites (N-methyl/N-ethyl adjacent to an activating group) is 1. The molecule has 0 aliphatic rings. The zero-order valence-corrected chi connectivity index (χ0v) is 17.2. The van der Waals surface area contributed by atoms with E-state index in [1.165, 1.54) is 43.3 Å². The number of carbonyl (C=O) groups is 3. The van der Waals surface area contributed by atoms with Crippen molar-refractivity contribution in [2.75, 3.05) is 14.2 Å². The molecule has 1 atom stereocenters. The average molecular weight is 401 g/mol. The van der Waals surface area contributed by atoms with Crippen LogP contribution in [-0.2, 0) is 11.8 Å². The molecule has 1 heterocycles. The first-order valence-corrected chi connectivity index (χ1v) is 8.82. The largest absolute Gasteiger partial charge is 0.464 e. The van der Waals surface area contributed by atoms with Crippen LogP contribution in [0.2, 0.25) is 0 Å². The van der Waals surface area contributed by atoms with Gasteiger partial charge in [0.05, 0.1) is 18.1 Å². The van der Waals surface area contributed by atoms with Crippen molar-refractivity contribution in [2.24, 2.45) is 7.05 Å². The number of non-ortho nitro benzene ring substituents is 1. The van der Waals surface area contributed by atoms with Crippen LogP contribution in [0.3, 0.4) is 0 Å². The van der Waals surface area contributed by atoms with Crippen molar-refractivity contribution in [3.8, 4) is 0 Å². The van der Waals surface area contributed by atoms with E-state index in [4.69, 9.17) is 4.74 Å². The SMILES string of the molecule is COC(=O)c1c(C)c(C(=O)C(C)N(C)C(=O)c2cccc([N+](=O)[O-])c2)c(C)n1C. The lowest BCUT2D eigenvalue weighted by molar-refractivity contribution is -0.384. The minimum Gasteiger partial charge on any atom is -0.464 e. The minimum absolute atomic E-state index is 0.109. The standard InChI is InChI=1S/C20H23N3O6/c1-11-16(12(2)21(4)17(11)20(26)29-6)18(24)13(3)22(5)19(25)14-8-7-9-15(10-14)23(27)28/h7-10,13H,1-6H3. The van der Waals surface area contributed by atoms with Gasteiger partial charge in [0, 0.05) is 43.0 Å². The van der Waals surface area contributed by atoms with Gasteiger partial charge in [-0.25, -0.2) is 4.79 Å². The lowest BCUT2D eigenvalue weighted by Crippen LogP contribution is -2.40. The summed E-state index contributed by atoms with van der Waals surface area (Å²) in [6.07, 6.45) is 0. The highest BCUT2D eigenvalue weighted by molar-refractivity contribution is 6.07. The molecule has 2 rings (SSSR count). The molecule has 29 heavy (non-hydrogen) atoms. The molecule has 0 aliphatic heterocycles. The number of carbonyl (C=O) groups excluding carboxylic acids is 3. The summed E-state index contributed by atoms with van der Waals surface area (Å²) in [5.41, 5.74) is 1.58. The van der Waals surface area contributed by atoms with Gasteiger partial charge in [-0.2, -0.15) is 0 Å². The highest BCUT2D eigenvalue weighted by atomic mass is 16.6. The first-order valence-electron chi connectivity index (χ1n) is 8.82. The molecule has 0 spiro atoms. The normalized spacial score (nSPS) is 11.7. The molecule has 2 aromatic rings. The third kappa shape index (κ3) is 3.89. The van der Waals surface area contributed by atoms with E-state index in [1.54, 1.807) is 32.4 Å². The molecular weight excluding hydrogens is 378 g/mol. The third-order valence-electron chi connectivity index (χ3n) is 5.14. The molecule has 0 aliphatic carbocycles. The highest BCUT2D eigenvalue weighted by Crippen LogP contribution is 2.25. The summed E-state index contributed by atoms with van der Waals surface area (Å²) in [6.45, 7) is 4.94. The maximum atomic E-state index is 13.1.